The first-order chi connectivity index (χ1) is 11.9. The largest absolute Gasteiger partial charge is 0.0622 e. The number of rotatable bonds is 3. The van der Waals surface area contributed by atoms with E-state index in [1.54, 1.807) is 0 Å². The highest BCUT2D eigenvalue weighted by molar-refractivity contribution is 5.94. The monoisotopic (exact) mass is 318 g/mol. The average Bonchev–Trinajstić information content (AvgIpc) is 2.69. The van der Waals surface area contributed by atoms with E-state index in [2.05, 4.69) is 109 Å². The first-order valence-corrected chi connectivity index (χ1v) is 8.23. The topological polar surface area (TPSA) is 0 Å². The lowest BCUT2D eigenvalue weighted by Crippen LogP contribution is -1.90. The van der Waals surface area contributed by atoms with Gasteiger partial charge in [0.15, 0.2) is 0 Å². The molecule has 0 nitrogen and oxygen atoms in total. The van der Waals surface area contributed by atoms with Crippen LogP contribution in [-0.4, -0.2) is 0 Å². The van der Waals surface area contributed by atoms with Crippen molar-refractivity contribution in [1.82, 2.24) is 0 Å². The van der Waals surface area contributed by atoms with Crippen LogP contribution in [0.4, 0.5) is 0 Å². The van der Waals surface area contributed by atoms with Gasteiger partial charge < -0.3 is 0 Å². The van der Waals surface area contributed by atoms with Gasteiger partial charge in [-0.05, 0) is 33.4 Å². The second-order valence-corrected chi connectivity index (χ2v) is 5.83. The Labute approximate surface area is 150 Å². The van der Waals surface area contributed by atoms with E-state index in [9.17, 15) is 0 Å². The number of benzene rings is 4. The molecule has 0 aromatic heterocycles. The molecule has 118 valence electrons. The lowest BCUT2D eigenvalue weighted by Gasteiger charge is -2.16. The van der Waals surface area contributed by atoms with Crippen molar-refractivity contribution in [3.8, 4) is 33.4 Å². The first kappa shape index (κ1) is 16.7. The highest BCUT2D eigenvalue weighted by atomic mass is 14.2. The molecule has 0 amide bonds. The van der Waals surface area contributed by atoms with Crippen molar-refractivity contribution in [2.24, 2.45) is 0 Å². The van der Waals surface area contributed by atoms with Crippen molar-refractivity contribution in [2.75, 3.05) is 0 Å². The Hall–Kier alpha value is -3.12. The molecule has 25 heavy (non-hydrogen) atoms. The molecule has 0 saturated heterocycles. The molecule has 4 radical (unpaired) electrons. The van der Waals surface area contributed by atoms with Crippen LogP contribution in [0.25, 0.3) is 33.4 Å². The molecular formula is C25H18. The van der Waals surface area contributed by atoms with Gasteiger partial charge in [0.2, 0.25) is 0 Å². The zero-order valence-corrected chi connectivity index (χ0v) is 13.9. The molecule has 0 heteroatoms. The lowest BCUT2D eigenvalue weighted by atomic mass is 9.88. The van der Waals surface area contributed by atoms with Crippen LogP contribution in [0.2, 0.25) is 0 Å². The van der Waals surface area contributed by atoms with Crippen LogP contribution in [-0.2, 0) is 0 Å². The molecule has 0 N–H and O–H groups in total. The summed E-state index contributed by atoms with van der Waals surface area (Å²) < 4.78 is 0. The Morgan fingerprint density at radius 2 is 0.680 bits per heavy atom. The molecule has 4 aromatic carbocycles. The van der Waals surface area contributed by atoms with Crippen LogP contribution in [0, 0.1) is 7.43 Å². The summed E-state index contributed by atoms with van der Waals surface area (Å²) in [6, 6.07) is 38.4. The van der Waals surface area contributed by atoms with E-state index in [0.29, 0.717) is 0 Å². The van der Waals surface area contributed by atoms with E-state index in [-0.39, 0.29) is 7.43 Å². The second kappa shape index (κ2) is 7.63. The standard InChI is InChI=1S/C24H18.C/c1-4-11-19(12-5-1)22-17-10-18-23(20-13-6-2-7-14-20)24(22)21-15-8-3-9-16-21;/h1-18H;. The molecule has 0 aliphatic carbocycles. The third-order valence-electron chi connectivity index (χ3n) is 4.30. The van der Waals surface area contributed by atoms with E-state index in [1.165, 1.54) is 33.4 Å². The molecule has 0 aliphatic heterocycles. The lowest BCUT2D eigenvalue weighted by molar-refractivity contribution is 1.56. The Morgan fingerprint density at radius 1 is 0.320 bits per heavy atom. The summed E-state index contributed by atoms with van der Waals surface area (Å²) in [7, 11) is 0. The van der Waals surface area contributed by atoms with Crippen molar-refractivity contribution in [1.29, 1.82) is 0 Å². The molecule has 0 heterocycles. The molecular weight excluding hydrogens is 300 g/mol. The second-order valence-electron chi connectivity index (χ2n) is 5.83. The Bertz CT molecular complexity index is 866. The average molecular weight is 318 g/mol. The molecule has 0 aliphatic rings. The fourth-order valence-corrected chi connectivity index (χ4v) is 3.18. The summed E-state index contributed by atoms with van der Waals surface area (Å²) >= 11 is 0. The van der Waals surface area contributed by atoms with Crippen LogP contribution < -0.4 is 0 Å². The predicted octanol–water partition coefficient (Wildman–Crippen LogP) is 6.77. The molecule has 0 atom stereocenters. The van der Waals surface area contributed by atoms with Crippen molar-refractivity contribution >= 4 is 0 Å². The molecule has 0 saturated carbocycles. The van der Waals surface area contributed by atoms with E-state index in [4.69, 9.17) is 0 Å². The summed E-state index contributed by atoms with van der Waals surface area (Å²) in [5, 5.41) is 0. The van der Waals surface area contributed by atoms with Gasteiger partial charge in [0.05, 0.1) is 0 Å². The molecule has 0 unspecified atom stereocenters. The highest BCUT2D eigenvalue weighted by Gasteiger charge is 2.13. The summed E-state index contributed by atoms with van der Waals surface area (Å²) in [5.74, 6) is 0. The summed E-state index contributed by atoms with van der Waals surface area (Å²) in [4.78, 5) is 0. The van der Waals surface area contributed by atoms with E-state index < -0.39 is 0 Å². The van der Waals surface area contributed by atoms with Gasteiger partial charge in [-0.1, -0.05) is 109 Å². The fourth-order valence-electron chi connectivity index (χ4n) is 3.18. The SMILES string of the molecule is [C].c1ccc(-c2cccc(-c3ccccc3)c2-c2ccccc2)cc1. The highest BCUT2D eigenvalue weighted by Crippen LogP contribution is 2.39. The first-order valence-electron chi connectivity index (χ1n) is 8.23. The van der Waals surface area contributed by atoms with Crippen molar-refractivity contribution in [2.45, 2.75) is 0 Å². The van der Waals surface area contributed by atoms with E-state index in [0.717, 1.165) is 0 Å². The fraction of sp³-hybridized carbons (Fsp3) is 0. The van der Waals surface area contributed by atoms with Gasteiger partial charge in [-0.2, -0.15) is 0 Å². The van der Waals surface area contributed by atoms with Crippen LogP contribution in [0.5, 0.6) is 0 Å². The zero-order chi connectivity index (χ0) is 16.2. The Kier molecular flexibility index (Phi) is 5.11. The molecule has 4 aromatic rings. The minimum absolute atomic E-state index is 0. The maximum absolute atomic E-state index is 2.21. The van der Waals surface area contributed by atoms with Crippen LogP contribution in [0.15, 0.2) is 109 Å². The third kappa shape index (κ3) is 3.39. The summed E-state index contributed by atoms with van der Waals surface area (Å²) in [6.07, 6.45) is 0. The van der Waals surface area contributed by atoms with Crippen molar-refractivity contribution in [3.05, 3.63) is 117 Å². The van der Waals surface area contributed by atoms with E-state index in [1.807, 2.05) is 0 Å². The van der Waals surface area contributed by atoms with Crippen LogP contribution in [0.1, 0.15) is 0 Å². The minimum atomic E-state index is 0. The van der Waals surface area contributed by atoms with Gasteiger partial charge in [0, 0.05) is 7.43 Å². The Morgan fingerprint density at radius 3 is 1.08 bits per heavy atom. The predicted molar refractivity (Wildman–Crippen MR) is 106 cm³/mol. The maximum Gasteiger partial charge on any atom is 0 e. The van der Waals surface area contributed by atoms with Gasteiger partial charge in [0.1, 0.15) is 0 Å². The van der Waals surface area contributed by atoms with E-state index >= 15 is 0 Å². The third-order valence-corrected chi connectivity index (χ3v) is 4.30. The van der Waals surface area contributed by atoms with Crippen LogP contribution >= 0.6 is 0 Å². The normalized spacial score (nSPS) is 10.1. The molecule has 4 rings (SSSR count). The van der Waals surface area contributed by atoms with Gasteiger partial charge in [-0.3, -0.25) is 0 Å². The zero-order valence-electron chi connectivity index (χ0n) is 13.9. The quantitative estimate of drug-likeness (QED) is 0.391. The smallest absolute Gasteiger partial charge is 0 e. The minimum Gasteiger partial charge on any atom is -0.0622 e. The number of hydrogen-bond donors (Lipinski definition) is 0. The maximum atomic E-state index is 2.21. The van der Waals surface area contributed by atoms with Gasteiger partial charge in [-0.15, -0.1) is 0 Å². The van der Waals surface area contributed by atoms with Gasteiger partial charge in [0.25, 0.3) is 0 Å². The molecule has 0 fully saturated rings. The Balaban J connectivity index is 0.00000182. The van der Waals surface area contributed by atoms with Crippen molar-refractivity contribution in [3.63, 3.8) is 0 Å². The summed E-state index contributed by atoms with van der Waals surface area (Å²) in [5.41, 5.74) is 7.56. The van der Waals surface area contributed by atoms with Gasteiger partial charge in [-0.25, -0.2) is 0 Å². The van der Waals surface area contributed by atoms with Crippen LogP contribution in [0.3, 0.4) is 0 Å². The summed E-state index contributed by atoms with van der Waals surface area (Å²) in [6.45, 7) is 0. The van der Waals surface area contributed by atoms with Crippen molar-refractivity contribution < 1.29 is 0 Å². The number of hydrogen-bond acceptors (Lipinski definition) is 0. The molecule has 0 bridgehead atoms. The molecule has 0 spiro atoms. The van der Waals surface area contributed by atoms with Gasteiger partial charge >= 0.3 is 0 Å².